The number of amides is 1. The van der Waals surface area contributed by atoms with E-state index in [2.05, 4.69) is 29.4 Å². The zero-order valence-corrected chi connectivity index (χ0v) is 23.4. The molecule has 0 aliphatic rings. The number of hydrogen-bond acceptors (Lipinski definition) is 5. The number of unbranched alkanes of at least 4 members (excludes halogenated alkanes) is 4. The maximum absolute atomic E-state index is 12.8. The monoisotopic (exact) mass is 528 g/mol. The number of carbonyl (C=O) groups excluding carboxylic acids is 2. The quantitative estimate of drug-likeness (QED) is 0.150. The Kier molecular flexibility index (Phi) is 12.2. The van der Waals surface area contributed by atoms with Crippen LogP contribution in [0.25, 0.3) is 17.3 Å². The van der Waals surface area contributed by atoms with E-state index >= 15 is 0 Å². The van der Waals surface area contributed by atoms with Gasteiger partial charge in [0.2, 0.25) is 5.91 Å². The number of ketones is 1. The number of nitrogens with zero attached hydrogens (tertiary/aromatic N) is 1. The fourth-order valence-corrected chi connectivity index (χ4v) is 4.18. The van der Waals surface area contributed by atoms with Gasteiger partial charge in [-0.05, 0) is 62.6 Å². The first-order chi connectivity index (χ1) is 19.0. The minimum absolute atomic E-state index is 0.0514. The maximum Gasteiger partial charge on any atom is 0.225 e. The Bertz CT molecular complexity index is 1240. The molecule has 39 heavy (non-hydrogen) atoms. The Labute approximate surface area is 232 Å². The van der Waals surface area contributed by atoms with Crippen LogP contribution in [0.1, 0.15) is 81.6 Å². The van der Waals surface area contributed by atoms with E-state index in [0.29, 0.717) is 36.1 Å². The van der Waals surface area contributed by atoms with Gasteiger partial charge in [-0.2, -0.15) is 0 Å². The summed E-state index contributed by atoms with van der Waals surface area (Å²) in [5.41, 5.74) is 3.23. The molecule has 1 N–H and O–H groups in total. The van der Waals surface area contributed by atoms with Crippen LogP contribution in [-0.4, -0.2) is 29.9 Å². The van der Waals surface area contributed by atoms with Crippen molar-refractivity contribution in [1.29, 1.82) is 0 Å². The average Bonchev–Trinajstić information content (AvgIpc) is 2.95. The number of benzene rings is 2. The molecule has 206 valence electrons. The summed E-state index contributed by atoms with van der Waals surface area (Å²) in [5.74, 6) is 1.21. The van der Waals surface area contributed by atoms with E-state index in [-0.39, 0.29) is 24.5 Å². The molecule has 1 amide bonds. The van der Waals surface area contributed by atoms with Gasteiger partial charge in [0, 0.05) is 24.0 Å². The van der Waals surface area contributed by atoms with Crippen molar-refractivity contribution in [3.8, 4) is 22.8 Å². The average molecular weight is 529 g/mol. The van der Waals surface area contributed by atoms with Crippen LogP contribution in [0.4, 0.5) is 5.82 Å². The highest BCUT2D eigenvalue weighted by Gasteiger charge is 2.14. The van der Waals surface area contributed by atoms with Gasteiger partial charge in [0.25, 0.3) is 0 Å². The van der Waals surface area contributed by atoms with Crippen molar-refractivity contribution in [3.05, 3.63) is 77.9 Å². The van der Waals surface area contributed by atoms with E-state index in [1.54, 1.807) is 18.2 Å². The molecule has 2 aromatic carbocycles. The van der Waals surface area contributed by atoms with Gasteiger partial charge >= 0.3 is 0 Å². The third kappa shape index (κ3) is 9.71. The Hall–Kier alpha value is -3.93. The Morgan fingerprint density at radius 1 is 0.846 bits per heavy atom. The Morgan fingerprint density at radius 3 is 2.36 bits per heavy atom. The number of pyridine rings is 1. The van der Waals surface area contributed by atoms with Crippen molar-refractivity contribution in [1.82, 2.24) is 4.98 Å². The highest BCUT2D eigenvalue weighted by Crippen LogP contribution is 2.29. The molecule has 0 unspecified atom stereocenters. The molecule has 0 fully saturated rings. The second kappa shape index (κ2) is 16.1. The molecule has 6 heteroatoms. The first-order valence-corrected chi connectivity index (χ1v) is 14.0. The molecule has 1 aromatic heterocycles. The second-order valence-corrected chi connectivity index (χ2v) is 9.29. The molecular weight excluding hydrogens is 488 g/mol. The summed E-state index contributed by atoms with van der Waals surface area (Å²) in [6.07, 6.45) is 10.3. The standard InChI is InChI=1S/C33H40N2O4/c1-4-7-8-9-10-12-15-25-22-28(26-16-13-11-14-17-26)34-32(23-25)35-33(37)21-19-29(36)27-18-20-30(38-5-2)31(24-27)39-6-3/h11-18,20,22-24H,4-10,19,21H2,1-3H3,(H,34,35,37)/b15-12+. The molecule has 0 aliphatic heterocycles. The van der Waals surface area contributed by atoms with Gasteiger partial charge in [0.15, 0.2) is 17.3 Å². The van der Waals surface area contributed by atoms with Crippen LogP contribution in [0.3, 0.4) is 0 Å². The van der Waals surface area contributed by atoms with Crippen molar-refractivity contribution in [2.75, 3.05) is 18.5 Å². The van der Waals surface area contributed by atoms with Crippen LogP contribution in [0.15, 0.2) is 66.7 Å². The molecule has 0 atom stereocenters. The highest BCUT2D eigenvalue weighted by atomic mass is 16.5. The largest absolute Gasteiger partial charge is 0.490 e. The molecule has 1 heterocycles. The van der Waals surface area contributed by atoms with Gasteiger partial charge in [-0.1, -0.05) is 68.7 Å². The van der Waals surface area contributed by atoms with Gasteiger partial charge in [-0.3, -0.25) is 9.59 Å². The van der Waals surface area contributed by atoms with E-state index in [0.717, 1.165) is 23.2 Å². The third-order valence-electron chi connectivity index (χ3n) is 6.16. The highest BCUT2D eigenvalue weighted by molar-refractivity contribution is 6.00. The number of nitrogens with one attached hydrogen (secondary N) is 1. The van der Waals surface area contributed by atoms with Crippen LogP contribution >= 0.6 is 0 Å². The zero-order chi connectivity index (χ0) is 27.9. The number of Topliss-reactive ketones (excluding diaryl/α,β-unsaturated/α-hetero) is 1. The van der Waals surface area contributed by atoms with Crippen molar-refractivity contribution < 1.29 is 19.1 Å². The fraction of sp³-hybridized carbons (Fsp3) is 0.364. The Balaban J connectivity index is 1.67. The molecule has 0 aliphatic carbocycles. The fourth-order valence-electron chi connectivity index (χ4n) is 4.18. The summed E-state index contributed by atoms with van der Waals surface area (Å²) >= 11 is 0. The van der Waals surface area contributed by atoms with Crippen LogP contribution in [0.2, 0.25) is 0 Å². The number of aromatic nitrogens is 1. The maximum atomic E-state index is 12.8. The summed E-state index contributed by atoms with van der Waals surface area (Å²) in [5, 5.41) is 2.89. The summed E-state index contributed by atoms with van der Waals surface area (Å²) in [7, 11) is 0. The summed E-state index contributed by atoms with van der Waals surface area (Å²) in [6.45, 7) is 6.95. The van der Waals surface area contributed by atoms with Crippen LogP contribution in [0, 0.1) is 0 Å². The van der Waals surface area contributed by atoms with Gasteiger partial charge in [0.05, 0.1) is 18.9 Å². The summed E-state index contributed by atoms with van der Waals surface area (Å²) in [4.78, 5) is 30.3. The van der Waals surface area contributed by atoms with E-state index in [9.17, 15) is 9.59 Å². The van der Waals surface area contributed by atoms with Gasteiger partial charge in [0.1, 0.15) is 5.82 Å². The van der Waals surface area contributed by atoms with Crippen molar-refractivity contribution in [3.63, 3.8) is 0 Å². The van der Waals surface area contributed by atoms with Crippen LogP contribution in [-0.2, 0) is 4.79 Å². The van der Waals surface area contributed by atoms with Crippen molar-refractivity contribution >= 4 is 23.6 Å². The minimum Gasteiger partial charge on any atom is -0.490 e. The minimum atomic E-state index is -0.258. The molecule has 0 saturated heterocycles. The smallest absolute Gasteiger partial charge is 0.225 e. The molecule has 0 spiro atoms. The van der Waals surface area contributed by atoms with E-state index in [1.165, 1.54) is 25.7 Å². The topological polar surface area (TPSA) is 77.5 Å². The molecule has 0 saturated carbocycles. The van der Waals surface area contributed by atoms with E-state index in [1.807, 2.05) is 56.3 Å². The summed E-state index contributed by atoms with van der Waals surface area (Å²) in [6, 6.07) is 18.9. The lowest BCUT2D eigenvalue weighted by atomic mass is 10.1. The number of rotatable bonds is 16. The lowest BCUT2D eigenvalue weighted by molar-refractivity contribution is -0.116. The van der Waals surface area contributed by atoms with Gasteiger partial charge < -0.3 is 14.8 Å². The number of ether oxygens (including phenoxy) is 2. The lowest BCUT2D eigenvalue weighted by Gasteiger charge is -2.12. The normalized spacial score (nSPS) is 10.9. The predicted octanol–water partition coefficient (Wildman–Crippen LogP) is 8.13. The third-order valence-corrected chi connectivity index (χ3v) is 6.16. The van der Waals surface area contributed by atoms with Crippen LogP contribution < -0.4 is 14.8 Å². The van der Waals surface area contributed by atoms with Crippen molar-refractivity contribution in [2.45, 2.75) is 65.7 Å². The molecule has 3 aromatic rings. The zero-order valence-electron chi connectivity index (χ0n) is 23.4. The first kappa shape index (κ1) is 29.6. The summed E-state index contributed by atoms with van der Waals surface area (Å²) < 4.78 is 11.2. The lowest BCUT2D eigenvalue weighted by Crippen LogP contribution is -2.15. The number of allylic oxidation sites excluding steroid dienone is 1. The first-order valence-electron chi connectivity index (χ1n) is 14.0. The number of hydrogen-bond donors (Lipinski definition) is 1. The number of anilines is 1. The van der Waals surface area contributed by atoms with Gasteiger partial charge in [-0.15, -0.1) is 0 Å². The Morgan fingerprint density at radius 2 is 1.62 bits per heavy atom. The predicted molar refractivity (Wildman–Crippen MR) is 158 cm³/mol. The number of carbonyl (C=O) groups is 2. The van der Waals surface area contributed by atoms with Gasteiger partial charge in [-0.25, -0.2) is 4.98 Å². The molecule has 0 radical (unpaired) electrons. The molecule has 3 rings (SSSR count). The molecule has 0 bridgehead atoms. The molecule has 6 nitrogen and oxygen atoms in total. The van der Waals surface area contributed by atoms with E-state index in [4.69, 9.17) is 9.47 Å². The molecular formula is C33H40N2O4. The van der Waals surface area contributed by atoms with Crippen LogP contribution in [0.5, 0.6) is 11.5 Å². The SMILES string of the molecule is CCCCCC/C=C/c1cc(NC(=O)CCC(=O)c2ccc(OCC)c(OCC)c2)nc(-c2ccccc2)c1. The second-order valence-electron chi connectivity index (χ2n) is 9.29. The van der Waals surface area contributed by atoms with E-state index < -0.39 is 0 Å². The van der Waals surface area contributed by atoms with Crippen molar-refractivity contribution in [2.24, 2.45) is 0 Å².